The van der Waals surface area contributed by atoms with Crippen molar-refractivity contribution in [3.63, 3.8) is 0 Å². The van der Waals surface area contributed by atoms with Crippen LogP contribution in [-0.4, -0.2) is 40.3 Å². The molecule has 2 heterocycles. The standard InChI is InChI=1S/C15H14F3N7O2S/c1-28(26,27)13-9(15(16,17)18)3-2-8(12(13)14-22-24-25-23-14)7-4-10(20)11(5-19)21-6-7/h2-4,6H,5,19-20H2,1H3,(H,22,23,24,25). The molecule has 0 amide bonds. The van der Waals surface area contributed by atoms with Gasteiger partial charge in [-0.1, -0.05) is 6.07 Å². The zero-order chi connectivity index (χ0) is 20.7. The van der Waals surface area contributed by atoms with E-state index in [0.29, 0.717) is 18.0 Å². The lowest BCUT2D eigenvalue weighted by Gasteiger charge is -2.18. The van der Waals surface area contributed by atoms with Gasteiger partial charge in [0.2, 0.25) is 5.82 Å². The second kappa shape index (κ2) is 6.83. The van der Waals surface area contributed by atoms with Crippen molar-refractivity contribution < 1.29 is 21.6 Å². The van der Waals surface area contributed by atoms with E-state index in [4.69, 9.17) is 11.5 Å². The number of alkyl halides is 3. The Morgan fingerprint density at radius 1 is 1.25 bits per heavy atom. The van der Waals surface area contributed by atoms with Gasteiger partial charge in [0.25, 0.3) is 0 Å². The van der Waals surface area contributed by atoms with E-state index < -0.39 is 26.5 Å². The van der Waals surface area contributed by atoms with Crippen LogP contribution in [0, 0.1) is 0 Å². The smallest absolute Gasteiger partial charge is 0.397 e. The summed E-state index contributed by atoms with van der Waals surface area (Å²) in [6.07, 6.45) is -2.91. The van der Waals surface area contributed by atoms with Crippen LogP contribution in [0.5, 0.6) is 0 Å². The predicted octanol–water partition coefficient (Wildman–Crippen LogP) is 1.39. The van der Waals surface area contributed by atoms with Crippen LogP contribution < -0.4 is 11.5 Å². The molecule has 2 aromatic heterocycles. The first-order valence-electron chi connectivity index (χ1n) is 7.67. The highest BCUT2D eigenvalue weighted by Crippen LogP contribution is 2.43. The lowest BCUT2D eigenvalue weighted by Crippen LogP contribution is -2.15. The molecule has 0 bridgehead atoms. The van der Waals surface area contributed by atoms with Crippen molar-refractivity contribution in [1.29, 1.82) is 0 Å². The molecule has 0 unspecified atom stereocenters. The van der Waals surface area contributed by atoms with E-state index in [-0.39, 0.29) is 34.7 Å². The number of sulfone groups is 1. The van der Waals surface area contributed by atoms with Crippen LogP contribution in [0.4, 0.5) is 18.9 Å². The maximum absolute atomic E-state index is 13.5. The Morgan fingerprint density at radius 2 is 1.96 bits per heavy atom. The number of rotatable bonds is 4. The minimum Gasteiger partial charge on any atom is -0.397 e. The Morgan fingerprint density at radius 3 is 2.46 bits per heavy atom. The first-order valence-corrected chi connectivity index (χ1v) is 9.56. The van der Waals surface area contributed by atoms with E-state index in [0.717, 1.165) is 6.07 Å². The summed E-state index contributed by atoms with van der Waals surface area (Å²) in [5.41, 5.74) is 10.7. The number of nitrogen functional groups attached to an aromatic ring is 1. The first kappa shape index (κ1) is 19.7. The molecule has 0 aliphatic heterocycles. The number of hydrogen-bond acceptors (Lipinski definition) is 8. The molecule has 148 valence electrons. The van der Waals surface area contributed by atoms with Crippen molar-refractivity contribution in [2.75, 3.05) is 12.0 Å². The fourth-order valence-electron chi connectivity index (χ4n) is 2.75. The van der Waals surface area contributed by atoms with Crippen LogP contribution in [0.3, 0.4) is 0 Å². The highest BCUT2D eigenvalue weighted by Gasteiger charge is 2.39. The number of halogens is 3. The molecule has 0 spiro atoms. The molecule has 3 aromatic rings. The third-order valence-corrected chi connectivity index (χ3v) is 5.08. The summed E-state index contributed by atoms with van der Waals surface area (Å²) >= 11 is 0. The maximum atomic E-state index is 13.5. The summed E-state index contributed by atoms with van der Waals surface area (Å²) in [5.74, 6) is -0.317. The van der Waals surface area contributed by atoms with E-state index >= 15 is 0 Å². The van der Waals surface area contributed by atoms with Gasteiger partial charge in [-0.25, -0.2) is 8.42 Å². The zero-order valence-corrected chi connectivity index (χ0v) is 15.1. The molecular weight excluding hydrogens is 399 g/mol. The summed E-state index contributed by atoms with van der Waals surface area (Å²) in [6.45, 7) is 0.0609. The highest BCUT2D eigenvalue weighted by molar-refractivity contribution is 7.91. The van der Waals surface area contributed by atoms with Gasteiger partial charge < -0.3 is 11.5 Å². The molecule has 0 fully saturated rings. The Balaban J connectivity index is 2.44. The lowest BCUT2D eigenvalue weighted by atomic mass is 9.97. The average molecular weight is 413 g/mol. The summed E-state index contributed by atoms with van der Waals surface area (Å²) in [4.78, 5) is 3.11. The number of anilines is 1. The molecular formula is C15H14F3N7O2S. The van der Waals surface area contributed by atoms with Crippen LogP contribution in [0.15, 0.2) is 29.3 Å². The number of pyridine rings is 1. The number of H-pyrrole nitrogens is 1. The second-order valence-corrected chi connectivity index (χ2v) is 7.79. The fourth-order valence-corrected chi connectivity index (χ4v) is 3.90. The monoisotopic (exact) mass is 413 g/mol. The Hall–Kier alpha value is -3.06. The number of nitrogens with zero attached hydrogens (tertiary/aromatic N) is 4. The molecule has 9 nitrogen and oxygen atoms in total. The van der Waals surface area contributed by atoms with Gasteiger partial charge in [-0.2, -0.15) is 18.4 Å². The van der Waals surface area contributed by atoms with E-state index in [2.05, 4.69) is 25.6 Å². The highest BCUT2D eigenvalue weighted by atomic mass is 32.2. The van der Waals surface area contributed by atoms with Crippen LogP contribution in [-0.2, 0) is 22.6 Å². The van der Waals surface area contributed by atoms with Gasteiger partial charge >= 0.3 is 6.18 Å². The Labute approximate surface area is 156 Å². The molecule has 0 aliphatic carbocycles. The fraction of sp³-hybridized carbons (Fsp3) is 0.200. The van der Waals surface area contributed by atoms with Gasteiger partial charge in [0, 0.05) is 24.6 Å². The number of benzene rings is 1. The van der Waals surface area contributed by atoms with Crippen LogP contribution in [0.2, 0.25) is 0 Å². The van der Waals surface area contributed by atoms with Gasteiger partial charge in [0.15, 0.2) is 9.84 Å². The molecule has 0 aliphatic rings. The van der Waals surface area contributed by atoms with E-state index in [1.807, 2.05) is 0 Å². The minimum absolute atomic E-state index is 0.0609. The van der Waals surface area contributed by atoms with Crippen LogP contribution in [0.25, 0.3) is 22.5 Å². The predicted molar refractivity (Wildman–Crippen MR) is 93.3 cm³/mol. The molecule has 28 heavy (non-hydrogen) atoms. The lowest BCUT2D eigenvalue weighted by molar-refractivity contribution is -0.139. The molecule has 5 N–H and O–H groups in total. The number of nitrogens with one attached hydrogen (secondary N) is 1. The summed E-state index contributed by atoms with van der Waals surface area (Å²) in [7, 11) is -4.34. The zero-order valence-electron chi connectivity index (χ0n) is 14.3. The first-order chi connectivity index (χ1) is 13.0. The van der Waals surface area contributed by atoms with Crippen LogP contribution >= 0.6 is 0 Å². The largest absolute Gasteiger partial charge is 0.417 e. The van der Waals surface area contributed by atoms with Gasteiger partial charge in [-0.15, -0.1) is 10.2 Å². The van der Waals surface area contributed by atoms with E-state index in [9.17, 15) is 21.6 Å². The molecule has 3 rings (SSSR count). The van der Waals surface area contributed by atoms with Crippen molar-refractivity contribution in [2.24, 2.45) is 5.73 Å². The van der Waals surface area contributed by atoms with Gasteiger partial charge in [0.1, 0.15) is 0 Å². The SMILES string of the molecule is CS(=O)(=O)c1c(C(F)(F)F)ccc(-c2cnc(CN)c(N)c2)c1-c1nn[nH]n1. The van der Waals surface area contributed by atoms with Gasteiger partial charge in [0.05, 0.1) is 27.4 Å². The molecule has 0 saturated heterocycles. The maximum Gasteiger partial charge on any atom is 0.417 e. The van der Waals surface area contributed by atoms with Crippen molar-refractivity contribution in [2.45, 2.75) is 17.6 Å². The van der Waals surface area contributed by atoms with Crippen molar-refractivity contribution in [1.82, 2.24) is 25.6 Å². The van der Waals surface area contributed by atoms with Crippen LogP contribution in [0.1, 0.15) is 11.3 Å². The average Bonchev–Trinajstić information content (AvgIpc) is 3.13. The topological polar surface area (TPSA) is 154 Å². The van der Waals surface area contributed by atoms with Crippen molar-refractivity contribution >= 4 is 15.5 Å². The number of hydrogen-bond donors (Lipinski definition) is 3. The van der Waals surface area contributed by atoms with Gasteiger partial charge in [-0.05, 0) is 22.9 Å². The molecule has 13 heteroatoms. The quantitative estimate of drug-likeness (QED) is 0.580. The van der Waals surface area contributed by atoms with Crippen molar-refractivity contribution in [3.05, 3.63) is 35.7 Å². The Bertz CT molecular complexity index is 1130. The molecule has 0 radical (unpaired) electrons. The number of aromatic amines is 1. The second-order valence-electron chi connectivity index (χ2n) is 5.83. The normalized spacial score (nSPS) is 12.3. The number of nitrogens with two attached hydrogens (primary N) is 2. The third kappa shape index (κ3) is 3.53. The minimum atomic E-state index is -4.92. The molecule has 0 atom stereocenters. The summed E-state index contributed by atoms with van der Waals surface area (Å²) in [6, 6.07) is 3.23. The van der Waals surface area contributed by atoms with E-state index in [1.165, 1.54) is 12.3 Å². The molecule has 0 saturated carbocycles. The van der Waals surface area contributed by atoms with E-state index in [1.54, 1.807) is 0 Å². The Kier molecular flexibility index (Phi) is 4.81. The van der Waals surface area contributed by atoms with Gasteiger partial charge in [-0.3, -0.25) is 4.98 Å². The third-order valence-electron chi connectivity index (χ3n) is 3.91. The summed E-state index contributed by atoms with van der Waals surface area (Å²) in [5, 5.41) is 12.8. The number of tetrazole rings is 1. The summed E-state index contributed by atoms with van der Waals surface area (Å²) < 4.78 is 65.2. The van der Waals surface area contributed by atoms with Crippen molar-refractivity contribution in [3.8, 4) is 22.5 Å². The number of aromatic nitrogens is 5. The molecule has 1 aromatic carbocycles.